The predicted octanol–water partition coefficient (Wildman–Crippen LogP) is -0.199. The van der Waals surface area contributed by atoms with Crippen molar-refractivity contribution < 1.29 is 32.1 Å². The van der Waals surface area contributed by atoms with Crippen molar-refractivity contribution >= 4 is 10.0 Å². The Kier molecular flexibility index (Phi) is 4.42. The fourth-order valence-corrected chi connectivity index (χ4v) is 3.44. The molecule has 1 aromatic rings. The van der Waals surface area contributed by atoms with Crippen LogP contribution in [0, 0.1) is 0 Å². The first-order chi connectivity index (χ1) is 9.77. The summed E-state index contributed by atoms with van der Waals surface area (Å²) in [5.74, 6) is -0.511. The summed E-state index contributed by atoms with van der Waals surface area (Å²) in [4.78, 5) is 3.53. The molecule has 2 rings (SSSR count). The van der Waals surface area contributed by atoms with Crippen molar-refractivity contribution in [2.24, 2.45) is 0 Å². The Morgan fingerprint density at radius 1 is 1.48 bits per heavy atom. The summed E-state index contributed by atoms with van der Waals surface area (Å²) in [5, 5.41) is 18.4. The summed E-state index contributed by atoms with van der Waals surface area (Å²) in [6, 6.07) is 3.48. The highest BCUT2D eigenvalue weighted by atomic mass is 32.2. The number of hydrogen-bond acceptors (Lipinski definition) is 6. The van der Waals surface area contributed by atoms with Crippen molar-refractivity contribution in [3.63, 3.8) is 0 Å². The predicted molar refractivity (Wildman–Crippen MR) is 66.3 cm³/mol. The average molecular weight is 324 g/mol. The molecule has 0 amide bonds. The zero-order chi connectivity index (χ0) is 15.7. The first-order valence-corrected chi connectivity index (χ1v) is 7.46. The van der Waals surface area contributed by atoms with Gasteiger partial charge in [-0.1, -0.05) is 6.07 Å². The number of sulfonamides is 1. The van der Waals surface area contributed by atoms with Crippen LogP contribution in [0.5, 0.6) is 5.88 Å². The lowest BCUT2D eigenvalue weighted by molar-refractivity contribution is -0.0532. The minimum Gasteiger partial charge on any atom is -0.417 e. The molecule has 1 unspecified atom stereocenters. The van der Waals surface area contributed by atoms with Crippen molar-refractivity contribution in [1.29, 1.82) is 0 Å². The fraction of sp³-hybridized carbons (Fsp3) is 0.545. The molecular formula is C11H14F2N2O5S. The second-order valence-electron chi connectivity index (χ2n) is 4.66. The SMILES string of the molecule is O=S(=O)(c1cccc(OC(F)F)n1)N1CCC(O)(CO)C1. The summed E-state index contributed by atoms with van der Waals surface area (Å²) in [6.07, 6.45) is 0.0793. The zero-order valence-corrected chi connectivity index (χ0v) is 11.6. The molecule has 0 aliphatic carbocycles. The molecule has 10 heteroatoms. The Balaban J connectivity index is 2.24. The monoisotopic (exact) mass is 324 g/mol. The molecule has 21 heavy (non-hydrogen) atoms. The maximum Gasteiger partial charge on any atom is 0.388 e. The molecule has 1 aliphatic heterocycles. The molecule has 0 radical (unpaired) electrons. The average Bonchev–Trinajstić information content (AvgIpc) is 2.82. The third-order valence-electron chi connectivity index (χ3n) is 3.10. The highest BCUT2D eigenvalue weighted by Crippen LogP contribution is 2.27. The van der Waals surface area contributed by atoms with Gasteiger partial charge in [0.05, 0.1) is 6.61 Å². The van der Waals surface area contributed by atoms with E-state index in [0.29, 0.717) is 0 Å². The van der Waals surface area contributed by atoms with Gasteiger partial charge in [-0.2, -0.15) is 13.1 Å². The van der Waals surface area contributed by atoms with Crippen LogP contribution in [0.3, 0.4) is 0 Å². The molecule has 1 saturated heterocycles. The number of nitrogens with zero attached hydrogens (tertiary/aromatic N) is 2. The summed E-state index contributed by atoms with van der Waals surface area (Å²) in [5.41, 5.74) is -1.50. The number of aliphatic hydroxyl groups is 2. The van der Waals surface area contributed by atoms with Crippen LogP contribution in [0.1, 0.15) is 6.42 Å². The number of ether oxygens (including phenoxy) is 1. The van der Waals surface area contributed by atoms with Gasteiger partial charge in [-0.3, -0.25) is 0 Å². The maximum absolute atomic E-state index is 12.3. The number of hydrogen-bond donors (Lipinski definition) is 2. The topological polar surface area (TPSA) is 100.0 Å². The van der Waals surface area contributed by atoms with Gasteiger partial charge in [-0.25, -0.2) is 13.4 Å². The lowest BCUT2D eigenvalue weighted by Gasteiger charge is -2.20. The second kappa shape index (κ2) is 5.79. The van der Waals surface area contributed by atoms with Gasteiger partial charge >= 0.3 is 6.61 Å². The summed E-state index contributed by atoms with van der Waals surface area (Å²) >= 11 is 0. The Hall–Kier alpha value is -1.36. The highest BCUT2D eigenvalue weighted by Gasteiger charge is 2.41. The molecule has 7 nitrogen and oxygen atoms in total. The molecule has 2 heterocycles. The van der Waals surface area contributed by atoms with E-state index >= 15 is 0 Å². The van der Waals surface area contributed by atoms with Crippen LogP contribution in [-0.2, 0) is 10.0 Å². The van der Waals surface area contributed by atoms with E-state index in [1.165, 1.54) is 6.07 Å². The third kappa shape index (κ3) is 3.46. The van der Waals surface area contributed by atoms with E-state index in [2.05, 4.69) is 9.72 Å². The van der Waals surface area contributed by atoms with Crippen molar-refractivity contribution in [3.8, 4) is 5.88 Å². The summed E-state index contributed by atoms with van der Waals surface area (Å²) < 4.78 is 53.8. The number of β-amino-alcohol motifs (C(OH)–C–C–N with tert-alkyl or cyclic N) is 1. The van der Waals surface area contributed by atoms with Crippen molar-refractivity contribution in [2.75, 3.05) is 19.7 Å². The normalized spacial score (nSPS) is 23.7. The van der Waals surface area contributed by atoms with E-state index in [-0.39, 0.29) is 19.5 Å². The third-order valence-corrected chi connectivity index (χ3v) is 4.85. The number of pyridine rings is 1. The molecule has 2 N–H and O–H groups in total. The van der Waals surface area contributed by atoms with E-state index in [1.54, 1.807) is 0 Å². The van der Waals surface area contributed by atoms with E-state index in [1.807, 2.05) is 0 Å². The van der Waals surface area contributed by atoms with Crippen molar-refractivity contribution in [1.82, 2.24) is 9.29 Å². The van der Waals surface area contributed by atoms with Crippen molar-refractivity contribution in [3.05, 3.63) is 18.2 Å². The number of halogens is 2. The number of aromatic nitrogens is 1. The van der Waals surface area contributed by atoms with E-state index < -0.39 is 39.7 Å². The van der Waals surface area contributed by atoms with Crippen LogP contribution in [0.2, 0.25) is 0 Å². The summed E-state index contributed by atoms with van der Waals surface area (Å²) in [6.45, 7) is -3.96. The number of aliphatic hydroxyl groups excluding tert-OH is 1. The van der Waals surface area contributed by atoms with Gasteiger partial charge in [0, 0.05) is 19.2 Å². The Morgan fingerprint density at radius 2 is 2.19 bits per heavy atom. The first kappa shape index (κ1) is 16.0. The number of alkyl halides is 2. The number of rotatable bonds is 5. The minimum absolute atomic E-state index is 0.000997. The van der Waals surface area contributed by atoms with Crippen LogP contribution < -0.4 is 4.74 Å². The molecule has 0 bridgehead atoms. The molecule has 1 aliphatic rings. The van der Waals surface area contributed by atoms with Gasteiger partial charge in [0.2, 0.25) is 5.88 Å². The Labute approximate surface area is 119 Å². The van der Waals surface area contributed by atoms with Crippen LogP contribution in [0.25, 0.3) is 0 Å². The van der Waals surface area contributed by atoms with Gasteiger partial charge in [0.25, 0.3) is 10.0 Å². The van der Waals surface area contributed by atoms with Gasteiger partial charge < -0.3 is 14.9 Å². The van der Waals surface area contributed by atoms with Crippen LogP contribution in [-0.4, -0.2) is 59.8 Å². The van der Waals surface area contributed by atoms with Crippen molar-refractivity contribution in [2.45, 2.75) is 23.7 Å². The zero-order valence-electron chi connectivity index (χ0n) is 10.8. The van der Waals surface area contributed by atoms with E-state index in [4.69, 9.17) is 5.11 Å². The Morgan fingerprint density at radius 3 is 2.76 bits per heavy atom. The molecular weight excluding hydrogens is 310 g/mol. The highest BCUT2D eigenvalue weighted by molar-refractivity contribution is 7.89. The molecule has 1 aromatic heterocycles. The quantitative estimate of drug-likeness (QED) is 0.778. The lowest BCUT2D eigenvalue weighted by Crippen LogP contribution is -2.39. The van der Waals surface area contributed by atoms with Gasteiger partial charge in [-0.05, 0) is 12.5 Å². The molecule has 0 aromatic carbocycles. The van der Waals surface area contributed by atoms with Crippen LogP contribution in [0.15, 0.2) is 23.2 Å². The van der Waals surface area contributed by atoms with Gasteiger partial charge in [0.15, 0.2) is 5.03 Å². The molecule has 0 saturated carbocycles. The lowest BCUT2D eigenvalue weighted by atomic mass is 10.1. The smallest absolute Gasteiger partial charge is 0.388 e. The Bertz CT molecular complexity index is 612. The van der Waals surface area contributed by atoms with Gasteiger partial charge in [0.1, 0.15) is 5.60 Å². The maximum atomic E-state index is 12.3. The fourth-order valence-electron chi connectivity index (χ4n) is 1.98. The van der Waals surface area contributed by atoms with E-state index in [9.17, 15) is 22.3 Å². The molecule has 1 fully saturated rings. The second-order valence-corrected chi connectivity index (χ2v) is 6.55. The van der Waals surface area contributed by atoms with Gasteiger partial charge in [-0.15, -0.1) is 0 Å². The standard InChI is InChI=1S/C11H14F2N2O5S/c12-10(13)20-8-2-1-3-9(14-8)21(18,19)15-5-4-11(17,6-15)7-16/h1-3,10,16-17H,4-7H2. The largest absolute Gasteiger partial charge is 0.417 e. The van der Waals surface area contributed by atoms with Crippen LogP contribution in [0.4, 0.5) is 8.78 Å². The molecule has 0 spiro atoms. The van der Waals surface area contributed by atoms with E-state index in [0.717, 1.165) is 16.4 Å². The minimum atomic E-state index is -4.05. The molecule has 1 atom stereocenters. The van der Waals surface area contributed by atoms with Crippen LogP contribution >= 0.6 is 0 Å². The summed E-state index contributed by atoms with van der Waals surface area (Å²) in [7, 11) is -4.05. The molecule has 118 valence electrons. The first-order valence-electron chi connectivity index (χ1n) is 6.02.